The average molecular weight is 444 g/mol. The molecule has 1 amide bonds. The maximum absolute atomic E-state index is 12.7. The smallest absolute Gasteiger partial charge is 0.253 e. The minimum absolute atomic E-state index is 0.105. The lowest BCUT2D eigenvalue weighted by molar-refractivity contribution is 0.0747. The number of thiazole rings is 1. The molecule has 0 radical (unpaired) electrons. The Hall–Kier alpha value is -1.92. The molecule has 1 aliphatic rings. The van der Waals surface area contributed by atoms with Gasteiger partial charge in [0.25, 0.3) is 5.91 Å². The van der Waals surface area contributed by atoms with Gasteiger partial charge in [0, 0.05) is 36.2 Å². The standard InChI is InChI=1S/C21H22BrN3OS/c1-14(2)17-4-3-5-18-19(17)23-21(27-18)25-12-10-24(11-13-25)20(26)15-6-8-16(22)9-7-15/h3-9,14H,10-13H2,1-2H3. The number of benzene rings is 2. The van der Waals surface area contributed by atoms with Gasteiger partial charge < -0.3 is 9.80 Å². The third-order valence-corrected chi connectivity index (χ3v) is 6.60. The van der Waals surface area contributed by atoms with Gasteiger partial charge in [-0.15, -0.1) is 0 Å². The van der Waals surface area contributed by atoms with Crippen LogP contribution in [0.4, 0.5) is 5.13 Å². The summed E-state index contributed by atoms with van der Waals surface area (Å²) >= 11 is 5.16. The molecule has 1 aliphatic heterocycles. The fourth-order valence-electron chi connectivity index (χ4n) is 3.44. The molecule has 2 aromatic carbocycles. The highest BCUT2D eigenvalue weighted by molar-refractivity contribution is 9.10. The van der Waals surface area contributed by atoms with Crippen LogP contribution in [0, 0.1) is 0 Å². The number of amides is 1. The minimum atomic E-state index is 0.105. The first-order chi connectivity index (χ1) is 13.0. The van der Waals surface area contributed by atoms with Crippen molar-refractivity contribution >= 4 is 48.5 Å². The number of carbonyl (C=O) groups excluding carboxylic acids is 1. The summed E-state index contributed by atoms with van der Waals surface area (Å²) in [5.74, 6) is 0.567. The Bertz CT molecular complexity index is 959. The third kappa shape index (κ3) is 3.73. The van der Waals surface area contributed by atoms with E-state index in [0.29, 0.717) is 5.92 Å². The van der Waals surface area contributed by atoms with E-state index in [4.69, 9.17) is 4.98 Å². The quantitative estimate of drug-likeness (QED) is 0.561. The summed E-state index contributed by atoms with van der Waals surface area (Å²) in [6, 6.07) is 14.0. The van der Waals surface area contributed by atoms with Gasteiger partial charge in [-0.25, -0.2) is 4.98 Å². The molecule has 1 saturated heterocycles. The predicted molar refractivity (Wildman–Crippen MR) is 116 cm³/mol. The summed E-state index contributed by atoms with van der Waals surface area (Å²) in [4.78, 5) is 21.9. The Morgan fingerprint density at radius 1 is 1.07 bits per heavy atom. The number of hydrogen-bond acceptors (Lipinski definition) is 4. The largest absolute Gasteiger partial charge is 0.345 e. The van der Waals surface area contributed by atoms with Crippen LogP contribution in [-0.4, -0.2) is 42.0 Å². The summed E-state index contributed by atoms with van der Waals surface area (Å²) in [7, 11) is 0. The maximum Gasteiger partial charge on any atom is 0.253 e. The van der Waals surface area contributed by atoms with Crippen LogP contribution < -0.4 is 4.90 Å². The Balaban J connectivity index is 1.48. The number of hydrogen-bond donors (Lipinski definition) is 0. The first-order valence-electron chi connectivity index (χ1n) is 9.22. The molecule has 0 atom stereocenters. The monoisotopic (exact) mass is 443 g/mol. The van der Waals surface area contributed by atoms with Crippen LogP contribution in [0.15, 0.2) is 46.9 Å². The molecule has 6 heteroatoms. The van der Waals surface area contributed by atoms with Gasteiger partial charge >= 0.3 is 0 Å². The highest BCUT2D eigenvalue weighted by atomic mass is 79.9. The molecule has 0 N–H and O–H groups in total. The van der Waals surface area contributed by atoms with E-state index in [2.05, 4.69) is 52.9 Å². The molecule has 0 saturated carbocycles. The lowest BCUT2D eigenvalue weighted by atomic mass is 10.0. The zero-order chi connectivity index (χ0) is 19.0. The van der Waals surface area contributed by atoms with Crippen molar-refractivity contribution in [1.29, 1.82) is 0 Å². The predicted octanol–water partition coefficient (Wildman–Crippen LogP) is 5.14. The van der Waals surface area contributed by atoms with Crippen LogP contribution in [0.1, 0.15) is 35.7 Å². The molecule has 0 unspecified atom stereocenters. The van der Waals surface area contributed by atoms with Crippen LogP contribution in [0.2, 0.25) is 0 Å². The lowest BCUT2D eigenvalue weighted by Gasteiger charge is -2.34. The lowest BCUT2D eigenvalue weighted by Crippen LogP contribution is -2.48. The van der Waals surface area contributed by atoms with Crippen molar-refractivity contribution in [3.63, 3.8) is 0 Å². The Labute approximate surface area is 171 Å². The molecule has 4 rings (SSSR count). The topological polar surface area (TPSA) is 36.4 Å². The van der Waals surface area contributed by atoms with E-state index in [1.54, 1.807) is 11.3 Å². The summed E-state index contributed by atoms with van der Waals surface area (Å²) < 4.78 is 2.23. The van der Waals surface area contributed by atoms with E-state index in [9.17, 15) is 4.79 Å². The van der Waals surface area contributed by atoms with Crippen LogP contribution in [0.25, 0.3) is 10.2 Å². The van der Waals surface area contributed by atoms with E-state index < -0.39 is 0 Å². The number of aromatic nitrogens is 1. The molecule has 27 heavy (non-hydrogen) atoms. The fourth-order valence-corrected chi connectivity index (χ4v) is 4.75. The van der Waals surface area contributed by atoms with Gasteiger partial charge in [0.15, 0.2) is 5.13 Å². The van der Waals surface area contributed by atoms with Crippen molar-refractivity contribution in [2.45, 2.75) is 19.8 Å². The average Bonchev–Trinajstić information content (AvgIpc) is 3.12. The van der Waals surface area contributed by atoms with Crippen molar-refractivity contribution in [2.24, 2.45) is 0 Å². The molecule has 140 valence electrons. The van der Waals surface area contributed by atoms with Crippen molar-refractivity contribution in [2.75, 3.05) is 31.1 Å². The number of halogens is 1. The van der Waals surface area contributed by atoms with E-state index in [1.165, 1.54) is 10.3 Å². The zero-order valence-corrected chi connectivity index (χ0v) is 17.9. The van der Waals surface area contributed by atoms with Crippen LogP contribution >= 0.6 is 27.3 Å². The van der Waals surface area contributed by atoms with Crippen LogP contribution in [0.5, 0.6) is 0 Å². The van der Waals surface area contributed by atoms with E-state index in [0.717, 1.165) is 46.9 Å². The molecule has 2 heterocycles. The summed E-state index contributed by atoms with van der Waals surface area (Å²) in [6.07, 6.45) is 0. The summed E-state index contributed by atoms with van der Waals surface area (Å²) in [5, 5.41) is 1.06. The van der Waals surface area contributed by atoms with Crippen LogP contribution in [-0.2, 0) is 0 Å². The molecular weight excluding hydrogens is 422 g/mol. The van der Waals surface area contributed by atoms with Crippen molar-refractivity contribution in [3.05, 3.63) is 58.1 Å². The van der Waals surface area contributed by atoms with Crippen molar-refractivity contribution in [1.82, 2.24) is 9.88 Å². The Kier molecular flexibility index (Phi) is 5.19. The molecule has 1 fully saturated rings. The van der Waals surface area contributed by atoms with Crippen LogP contribution in [0.3, 0.4) is 0 Å². The van der Waals surface area contributed by atoms with Gasteiger partial charge in [-0.3, -0.25) is 4.79 Å². The van der Waals surface area contributed by atoms with Gasteiger partial charge in [0.1, 0.15) is 0 Å². The fraction of sp³-hybridized carbons (Fsp3) is 0.333. The SMILES string of the molecule is CC(C)c1cccc2sc(N3CCN(C(=O)c4ccc(Br)cc4)CC3)nc12. The molecule has 4 nitrogen and oxygen atoms in total. The number of carbonyl (C=O) groups is 1. The third-order valence-electron chi connectivity index (χ3n) is 4.99. The van der Waals surface area contributed by atoms with Crippen molar-refractivity contribution in [3.8, 4) is 0 Å². The highest BCUT2D eigenvalue weighted by Gasteiger charge is 2.24. The van der Waals surface area contributed by atoms with Gasteiger partial charge in [0.05, 0.1) is 10.2 Å². The molecule has 0 bridgehead atoms. The van der Waals surface area contributed by atoms with Crippen molar-refractivity contribution < 1.29 is 4.79 Å². The number of piperazine rings is 1. The first kappa shape index (κ1) is 18.4. The van der Waals surface area contributed by atoms with Gasteiger partial charge in [-0.1, -0.05) is 53.2 Å². The minimum Gasteiger partial charge on any atom is -0.345 e. The second-order valence-electron chi connectivity index (χ2n) is 7.13. The van der Waals surface area contributed by atoms with E-state index in [-0.39, 0.29) is 5.91 Å². The molecule has 0 aliphatic carbocycles. The number of fused-ring (bicyclic) bond motifs is 1. The molecular formula is C21H22BrN3OS. The maximum atomic E-state index is 12.7. The molecule has 0 spiro atoms. The summed E-state index contributed by atoms with van der Waals surface area (Å²) in [5.41, 5.74) is 3.17. The molecule has 3 aromatic rings. The number of para-hydroxylation sites is 1. The second-order valence-corrected chi connectivity index (χ2v) is 9.06. The van der Waals surface area contributed by atoms with E-state index in [1.807, 2.05) is 29.2 Å². The Morgan fingerprint density at radius 2 is 1.78 bits per heavy atom. The highest BCUT2D eigenvalue weighted by Crippen LogP contribution is 2.33. The molecule has 1 aromatic heterocycles. The Morgan fingerprint density at radius 3 is 2.44 bits per heavy atom. The second kappa shape index (κ2) is 7.60. The zero-order valence-electron chi connectivity index (χ0n) is 15.5. The van der Waals surface area contributed by atoms with Gasteiger partial charge in [-0.05, 0) is 41.8 Å². The van der Waals surface area contributed by atoms with Gasteiger partial charge in [-0.2, -0.15) is 0 Å². The summed E-state index contributed by atoms with van der Waals surface area (Å²) in [6.45, 7) is 7.50. The number of rotatable bonds is 3. The number of anilines is 1. The van der Waals surface area contributed by atoms with Gasteiger partial charge in [0.2, 0.25) is 0 Å². The normalized spacial score (nSPS) is 15.0. The first-order valence-corrected chi connectivity index (χ1v) is 10.8. The number of nitrogens with zero attached hydrogens (tertiary/aromatic N) is 3. The van der Waals surface area contributed by atoms with E-state index >= 15 is 0 Å².